The van der Waals surface area contributed by atoms with Crippen LogP contribution in [-0.4, -0.2) is 23.5 Å². The van der Waals surface area contributed by atoms with Crippen molar-refractivity contribution in [1.82, 2.24) is 4.98 Å². The topological polar surface area (TPSA) is 108 Å². The third-order valence-corrected chi connectivity index (χ3v) is 6.47. The van der Waals surface area contributed by atoms with Crippen molar-refractivity contribution in [1.29, 1.82) is 0 Å². The number of hydrogen-bond acceptors (Lipinski definition) is 6. The number of ether oxygens (including phenoxy) is 1. The summed E-state index contributed by atoms with van der Waals surface area (Å²) in [5, 5.41) is 0. The van der Waals surface area contributed by atoms with Crippen LogP contribution in [-0.2, 0) is 30.5 Å². The SMILES string of the molecule is CCOC(=O)c1c(CCc2ccc(F)cc2)nc(CC(C)C)c(C(N)=O)c1-c1ccc(CN)s1. The van der Waals surface area contributed by atoms with Crippen LogP contribution in [0.25, 0.3) is 10.4 Å². The van der Waals surface area contributed by atoms with Crippen molar-refractivity contribution in [3.8, 4) is 10.4 Å². The summed E-state index contributed by atoms with van der Waals surface area (Å²) in [7, 11) is 0. The molecule has 34 heavy (non-hydrogen) atoms. The van der Waals surface area contributed by atoms with Gasteiger partial charge in [-0.1, -0.05) is 26.0 Å². The second kappa shape index (κ2) is 11.4. The van der Waals surface area contributed by atoms with Crippen LogP contribution in [0.15, 0.2) is 36.4 Å². The monoisotopic (exact) mass is 483 g/mol. The summed E-state index contributed by atoms with van der Waals surface area (Å²) >= 11 is 1.41. The van der Waals surface area contributed by atoms with Gasteiger partial charge >= 0.3 is 5.97 Å². The summed E-state index contributed by atoms with van der Waals surface area (Å²) in [5.41, 5.74) is 14.6. The predicted octanol–water partition coefficient (Wildman–Crippen LogP) is 4.67. The number of hydrogen-bond donors (Lipinski definition) is 2. The standard InChI is InChI=1S/C26H30FN3O3S/c1-4-33-26(32)23-19(11-7-16-5-8-17(27)9-6-16)30-20(13-15(2)3)22(25(29)31)24(23)21-12-10-18(14-28)34-21/h5-6,8-10,12,15H,4,7,11,13-14,28H2,1-3H3,(H2,29,31). The number of rotatable bonds is 10. The highest BCUT2D eigenvalue weighted by atomic mass is 32.1. The highest BCUT2D eigenvalue weighted by molar-refractivity contribution is 7.15. The largest absolute Gasteiger partial charge is 0.462 e. The van der Waals surface area contributed by atoms with Crippen LogP contribution in [0.5, 0.6) is 0 Å². The van der Waals surface area contributed by atoms with Gasteiger partial charge in [-0.2, -0.15) is 0 Å². The summed E-state index contributed by atoms with van der Waals surface area (Å²) in [4.78, 5) is 32.3. The Labute approximate surface area is 203 Å². The molecule has 3 aromatic rings. The molecule has 2 aromatic heterocycles. The highest BCUT2D eigenvalue weighted by Crippen LogP contribution is 2.37. The molecule has 0 fully saturated rings. The molecule has 0 aliphatic carbocycles. The van der Waals surface area contributed by atoms with Gasteiger partial charge in [-0.15, -0.1) is 11.3 Å². The van der Waals surface area contributed by atoms with Gasteiger partial charge in [0.1, 0.15) is 5.82 Å². The number of nitrogens with zero attached hydrogens (tertiary/aromatic N) is 1. The highest BCUT2D eigenvalue weighted by Gasteiger charge is 2.29. The van der Waals surface area contributed by atoms with E-state index in [1.165, 1.54) is 23.5 Å². The maximum absolute atomic E-state index is 13.3. The average molecular weight is 484 g/mol. The fourth-order valence-corrected chi connectivity index (χ4v) is 4.82. The van der Waals surface area contributed by atoms with Crippen molar-refractivity contribution in [2.45, 2.75) is 46.6 Å². The first kappa shape index (κ1) is 25.5. The zero-order valence-corrected chi connectivity index (χ0v) is 20.5. The minimum absolute atomic E-state index is 0.174. The number of benzene rings is 1. The fourth-order valence-electron chi connectivity index (χ4n) is 3.87. The van der Waals surface area contributed by atoms with E-state index in [-0.39, 0.29) is 29.5 Å². The molecule has 4 N–H and O–H groups in total. The van der Waals surface area contributed by atoms with Crippen molar-refractivity contribution in [3.05, 3.63) is 75.2 Å². The number of thiophene rings is 1. The van der Waals surface area contributed by atoms with Gasteiger partial charge in [0.2, 0.25) is 0 Å². The second-order valence-electron chi connectivity index (χ2n) is 8.41. The van der Waals surface area contributed by atoms with Gasteiger partial charge in [-0.3, -0.25) is 9.78 Å². The van der Waals surface area contributed by atoms with E-state index in [4.69, 9.17) is 21.2 Å². The van der Waals surface area contributed by atoms with Crippen molar-refractivity contribution in [3.63, 3.8) is 0 Å². The Morgan fingerprint density at radius 1 is 1.06 bits per heavy atom. The first-order chi connectivity index (χ1) is 16.2. The Balaban J connectivity index is 2.26. The van der Waals surface area contributed by atoms with E-state index in [0.29, 0.717) is 47.6 Å². The van der Waals surface area contributed by atoms with Gasteiger partial charge in [-0.25, -0.2) is 9.18 Å². The van der Waals surface area contributed by atoms with Crippen molar-refractivity contribution >= 4 is 23.2 Å². The summed E-state index contributed by atoms with van der Waals surface area (Å²) in [6.07, 6.45) is 1.47. The van der Waals surface area contributed by atoms with Gasteiger partial charge in [0.05, 0.1) is 29.1 Å². The average Bonchev–Trinajstić information content (AvgIpc) is 3.26. The molecule has 0 spiro atoms. The van der Waals surface area contributed by atoms with Gasteiger partial charge in [0.25, 0.3) is 5.91 Å². The molecule has 0 unspecified atom stereocenters. The Bertz CT molecular complexity index is 1170. The van der Waals surface area contributed by atoms with Crippen LogP contribution in [0.1, 0.15) is 63.3 Å². The fraction of sp³-hybridized carbons (Fsp3) is 0.346. The molecule has 180 valence electrons. The Morgan fingerprint density at radius 2 is 1.76 bits per heavy atom. The molecule has 3 rings (SSSR count). The number of amides is 1. The summed E-state index contributed by atoms with van der Waals surface area (Å²) < 4.78 is 18.7. The first-order valence-corrected chi connectivity index (χ1v) is 12.1. The zero-order chi connectivity index (χ0) is 24.8. The minimum atomic E-state index is -0.642. The molecule has 0 radical (unpaired) electrons. The summed E-state index contributed by atoms with van der Waals surface area (Å²) in [6.45, 7) is 6.30. The van der Waals surface area contributed by atoms with E-state index in [0.717, 1.165) is 10.4 Å². The lowest BCUT2D eigenvalue weighted by Crippen LogP contribution is -2.23. The molecule has 8 heteroatoms. The van der Waals surface area contributed by atoms with Crippen LogP contribution < -0.4 is 11.5 Å². The van der Waals surface area contributed by atoms with Crippen molar-refractivity contribution < 1.29 is 18.7 Å². The Kier molecular flexibility index (Phi) is 8.52. The molecule has 0 atom stereocenters. The molecule has 0 bridgehead atoms. The molecular formula is C26H30FN3O3S. The molecule has 6 nitrogen and oxygen atoms in total. The number of pyridine rings is 1. The predicted molar refractivity (Wildman–Crippen MR) is 132 cm³/mol. The quantitative estimate of drug-likeness (QED) is 0.408. The minimum Gasteiger partial charge on any atom is -0.462 e. The van der Waals surface area contributed by atoms with Crippen LogP contribution in [0.3, 0.4) is 0 Å². The van der Waals surface area contributed by atoms with E-state index in [1.807, 2.05) is 26.0 Å². The van der Waals surface area contributed by atoms with Crippen LogP contribution >= 0.6 is 11.3 Å². The van der Waals surface area contributed by atoms with Gasteiger partial charge in [0, 0.05) is 21.9 Å². The first-order valence-electron chi connectivity index (χ1n) is 11.3. The second-order valence-corrected chi connectivity index (χ2v) is 9.58. The third-order valence-electron chi connectivity index (χ3n) is 5.35. The lowest BCUT2D eigenvalue weighted by atomic mass is 9.91. The zero-order valence-electron chi connectivity index (χ0n) is 19.7. The number of primary amides is 1. The molecular weight excluding hydrogens is 453 g/mol. The van der Waals surface area contributed by atoms with Gasteiger partial charge in [0.15, 0.2) is 0 Å². The molecule has 0 aliphatic rings. The maximum atomic E-state index is 13.3. The molecule has 1 aromatic carbocycles. The summed E-state index contributed by atoms with van der Waals surface area (Å²) in [5.74, 6) is -1.30. The van der Waals surface area contributed by atoms with Crippen LogP contribution in [0.2, 0.25) is 0 Å². The number of esters is 1. The Morgan fingerprint density at radius 3 is 2.32 bits per heavy atom. The number of aryl methyl sites for hydroxylation is 2. The normalized spacial score (nSPS) is 11.1. The van der Waals surface area contributed by atoms with Crippen molar-refractivity contribution in [2.75, 3.05) is 6.61 Å². The lowest BCUT2D eigenvalue weighted by molar-refractivity contribution is 0.0525. The maximum Gasteiger partial charge on any atom is 0.340 e. The Hall–Kier alpha value is -3.10. The van der Waals surface area contributed by atoms with Crippen LogP contribution in [0, 0.1) is 11.7 Å². The van der Waals surface area contributed by atoms with E-state index < -0.39 is 11.9 Å². The lowest BCUT2D eigenvalue weighted by Gasteiger charge is -2.20. The molecule has 1 amide bonds. The number of carbonyl (C=O) groups is 2. The number of carbonyl (C=O) groups excluding carboxylic acids is 2. The molecule has 0 saturated carbocycles. The van der Waals surface area contributed by atoms with Gasteiger partial charge < -0.3 is 16.2 Å². The molecule has 0 saturated heterocycles. The van der Waals surface area contributed by atoms with E-state index >= 15 is 0 Å². The van der Waals surface area contributed by atoms with E-state index in [2.05, 4.69) is 0 Å². The number of aromatic nitrogens is 1. The van der Waals surface area contributed by atoms with Crippen molar-refractivity contribution in [2.24, 2.45) is 17.4 Å². The summed E-state index contributed by atoms with van der Waals surface area (Å²) in [6, 6.07) is 9.95. The van der Waals surface area contributed by atoms with Gasteiger partial charge in [-0.05, 0) is 61.9 Å². The smallest absolute Gasteiger partial charge is 0.340 e. The number of halogens is 1. The van der Waals surface area contributed by atoms with E-state index in [1.54, 1.807) is 19.1 Å². The number of nitrogens with two attached hydrogens (primary N) is 2. The van der Waals surface area contributed by atoms with E-state index in [9.17, 15) is 14.0 Å². The third kappa shape index (κ3) is 5.87. The molecule has 0 aliphatic heterocycles. The molecule has 2 heterocycles. The van der Waals surface area contributed by atoms with Crippen LogP contribution in [0.4, 0.5) is 4.39 Å².